The maximum atomic E-state index is 5.31. The Hall–Kier alpha value is -2.54. The Morgan fingerprint density at radius 2 is 2.12 bits per heavy atom. The fourth-order valence-corrected chi connectivity index (χ4v) is 3.78. The lowest BCUT2D eigenvalue weighted by molar-refractivity contribution is 0.135. The van der Waals surface area contributed by atoms with Crippen LogP contribution in [0.4, 0.5) is 0 Å². The third-order valence-corrected chi connectivity index (χ3v) is 5.02. The summed E-state index contributed by atoms with van der Waals surface area (Å²) >= 11 is 0. The first-order chi connectivity index (χ1) is 12.6. The summed E-state index contributed by atoms with van der Waals surface area (Å²) in [4.78, 5) is 12.1. The molecule has 3 aromatic heterocycles. The third-order valence-electron chi connectivity index (χ3n) is 5.02. The van der Waals surface area contributed by atoms with E-state index in [0.29, 0.717) is 5.82 Å². The van der Waals surface area contributed by atoms with E-state index in [0.717, 1.165) is 53.6 Å². The van der Waals surface area contributed by atoms with E-state index in [1.807, 2.05) is 26.8 Å². The second-order valence-electron chi connectivity index (χ2n) is 7.02. The van der Waals surface area contributed by atoms with Gasteiger partial charge in [0, 0.05) is 24.1 Å². The summed E-state index contributed by atoms with van der Waals surface area (Å²) in [5, 5.41) is 11.2. The highest BCUT2D eigenvalue weighted by Crippen LogP contribution is 2.33. The van der Waals surface area contributed by atoms with Crippen molar-refractivity contribution in [3.8, 4) is 11.4 Å². The monoisotopic (exact) mass is 352 g/mol. The lowest BCUT2D eigenvalue weighted by Gasteiger charge is -2.35. The summed E-state index contributed by atoms with van der Waals surface area (Å²) in [6, 6.07) is 4.43. The van der Waals surface area contributed by atoms with Crippen molar-refractivity contribution < 1.29 is 4.52 Å². The molecule has 0 spiro atoms. The molecule has 3 aromatic rings. The van der Waals surface area contributed by atoms with Gasteiger partial charge in [0.05, 0.1) is 23.0 Å². The van der Waals surface area contributed by atoms with E-state index < -0.39 is 0 Å². The fourth-order valence-electron chi connectivity index (χ4n) is 3.78. The van der Waals surface area contributed by atoms with Crippen LogP contribution in [0.25, 0.3) is 11.4 Å². The van der Waals surface area contributed by atoms with Gasteiger partial charge in [-0.3, -0.25) is 10.00 Å². The molecule has 0 bridgehead atoms. The van der Waals surface area contributed by atoms with Crippen molar-refractivity contribution in [2.24, 2.45) is 0 Å². The largest absolute Gasteiger partial charge is 0.361 e. The van der Waals surface area contributed by atoms with Gasteiger partial charge in [0.15, 0.2) is 5.82 Å². The minimum atomic E-state index is 0.285. The molecule has 0 aromatic carbocycles. The molecule has 4 rings (SSSR count). The minimum Gasteiger partial charge on any atom is -0.361 e. The number of nitrogens with zero attached hydrogens (tertiary/aromatic N) is 5. The van der Waals surface area contributed by atoms with E-state index in [4.69, 9.17) is 9.51 Å². The highest BCUT2D eigenvalue weighted by molar-refractivity contribution is 5.60. The van der Waals surface area contributed by atoms with Crippen LogP contribution in [0.3, 0.4) is 0 Å². The number of aromatic amines is 1. The van der Waals surface area contributed by atoms with Gasteiger partial charge >= 0.3 is 0 Å². The number of piperidine rings is 1. The Labute approximate surface area is 152 Å². The molecule has 1 fully saturated rings. The number of hydrogen-bond acceptors (Lipinski definition) is 6. The highest BCUT2D eigenvalue weighted by atomic mass is 16.5. The lowest BCUT2D eigenvalue weighted by Crippen LogP contribution is -2.33. The van der Waals surface area contributed by atoms with E-state index in [1.165, 1.54) is 12.8 Å². The second-order valence-corrected chi connectivity index (χ2v) is 7.02. The van der Waals surface area contributed by atoms with E-state index in [9.17, 15) is 0 Å². The molecule has 26 heavy (non-hydrogen) atoms. The molecule has 1 aliphatic heterocycles. The van der Waals surface area contributed by atoms with Crippen LogP contribution in [-0.2, 0) is 6.54 Å². The van der Waals surface area contributed by atoms with E-state index in [2.05, 4.69) is 31.3 Å². The number of H-pyrrole nitrogens is 1. The molecule has 136 valence electrons. The van der Waals surface area contributed by atoms with Crippen molar-refractivity contribution in [3.63, 3.8) is 0 Å². The van der Waals surface area contributed by atoms with Crippen molar-refractivity contribution in [1.29, 1.82) is 0 Å². The average Bonchev–Trinajstić information content (AvgIpc) is 3.24. The number of aryl methyl sites for hydroxylation is 3. The summed E-state index contributed by atoms with van der Waals surface area (Å²) in [6.45, 7) is 7.78. The van der Waals surface area contributed by atoms with Gasteiger partial charge < -0.3 is 4.52 Å². The number of nitrogens with one attached hydrogen (secondary N) is 1. The van der Waals surface area contributed by atoms with Gasteiger partial charge in [0.1, 0.15) is 5.76 Å². The average molecular weight is 352 g/mol. The molecule has 0 aliphatic carbocycles. The second kappa shape index (κ2) is 6.99. The van der Waals surface area contributed by atoms with Crippen LogP contribution < -0.4 is 0 Å². The maximum Gasteiger partial charge on any atom is 0.165 e. The maximum absolute atomic E-state index is 5.31. The van der Waals surface area contributed by atoms with Crippen molar-refractivity contribution in [2.45, 2.75) is 52.6 Å². The van der Waals surface area contributed by atoms with E-state index in [-0.39, 0.29) is 6.04 Å². The first-order valence-corrected chi connectivity index (χ1v) is 9.13. The molecule has 4 heterocycles. The fraction of sp³-hybridized carbons (Fsp3) is 0.474. The predicted molar refractivity (Wildman–Crippen MR) is 97.3 cm³/mol. The van der Waals surface area contributed by atoms with Crippen LogP contribution in [0.2, 0.25) is 0 Å². The van der Waals surface area contributed by atoms with Crippen molar-refractivity contribution in [2.75, 3.05) is 6.54 Å². The summed E-state index contributed by atoms with van der Waals surface area (Å²) in [6.07, 6.45) is 5.34. The Balaban J connectivity index is 1.69. The molecule has 7 heteroatoms. The predicted octanol–water partition coefficient (Wildman–Crippen LogP) is 3.51. The van der Waals surface area contributed by atoms with Crippen LogP contribution in [0.15, 0.2) is 22.9 Å². The Morgan fingerprint density at radius 1 is 1.23 bits per heavy atom. The van der Waals surface area contributed by atoms with Gasteiger partial charge in [-0.15, -0.1) is 0 Å². The SMILES string of the molecule is Cc1cc([C@H]2CCCCN2Cc2ccn[nH]2)nc(-c2c(C)noc2C)n1. The van der Waals surface area contributed by atoms with Crippen LogP contribution >= 0.6 is 0 Å². The standard InChI is InChI=1S/C19H24N6O/c1-12-10-16(22-19(21-12)18-13(2)24-26-14(18)3)17-6-4-5-9-25(17)11-15-7-8-20-23-15/h7-8,10,17H,4-6,9,11H2,1-3H3,(H,20,23)/t17-/m1/s1. The minimum absolute atomic E-state index is 0.285. The van der Waals surface area contributed by atoms with Gasteiger partial charge in [-0.05, 0) is 52.3 Å². The summed E-state index contributed by atoms with van der Waals surface area (Å²) < 4.78 is 5.31. The number of aromatic nitrogens is 5. The smallest absolute Gasteiger partial charge is 0.165 e. The van der Waals surface area contributed by atoms with Crippen molar-refractivity contribution in [1.82, 2.24) is 30.2 Å². The highest BCUT2D eigenvalue weighted by Gasteiger charge is 2.27. The zero-order chi connectivity index (χ0) is 18.1. The summed E-state index contributed by atoms with van der Waals surface area (Å²) in [7, 11) is 0. The normalized spacial score (nSPS) is 18.3. The van der Waals surface area contributed by atoms with E-state index >= 15 is 0 Å². The van der Waals surface area contributed by atoms with Crippen LogP contribution in [0.5, 0.6) is 0 Å². The number of rotatable bonds is 4. The van der Waals surface area contributed by atoms with Gasteiger partial charge in [0.25, 0.3) is 0 Å². The molecule has 1 atom stereocenters. The molecule has 0 saturated carbocycles. The van der Waals surface area contributed by atoms with Gasteiger partial charge in [0.2, 0.25) is 0 Å². The summed E-state index contributed by atoms with van der Waals surface area (Å²) in [5.41, 5.74) is 4.92. The topological polar surface area (TPSA) is 83.7 Å². The molecule has 1 aliphatic rings. The molecule has 0 amide bonds. The lowest BCUT2D eigenvalue weighted by atomic mass is 9.98. The molecular weight excluding hydrogens is 328 g/mol. The molecular formula is C19H24N6O. The molecule has 7 nitrogen and oxygen atoms in total. The van der Waals surface area contributed by atoms with Gasteiger partial charge in [-0.2, -0.15) is 5.10 Å². The van der Waals surface area contributed by atoms with Gasteiger partial charge in [-0.25, -0.2) is 9.97 Å². The Kier molecular flexibility index (Phi) is 4.55. The Bertz CT molecular complexity index is 866. The van der Waals surface area contributed by atoms with Crippen molar-refractivity contribution >= 4 is 0 Å². The quantitative estimate of drug-likeness (QED) is 0.773. The zero-order valence-corrected chi connectivity index (χ0v) is 15.5. The van der Waals surface area contributed by atoms with E-state index in [1.54, 1.807) is 6.20 Å². The first kappa shape index (κ1) is 16.9. The van der Waals surface area contributed by atoms with Crippen molar-refractivity contribution in [3.05, 3.63) is 46.9 Å². The molecule has 1 saturated heterocycles. The van der Waals surface area contributed by atoms with Crippen LogP contribution in [0.1, 0.15) is 53.8 Å². The van der Waals surface area contributed by atoms with Crippen LogP contribution in [0, 0.1) is 20.8 Å². The molecule has 0 unspecified atom stereocenters. The Morgan fingerprint density at radius 3 is 2.85 bits per heavy atom. The van der Waals surface area contributed by atoms with Gasteiger partial charge in [-0.1, -0.05) is 11.6 Å². The number of hydrogen-bond donors (Lipinski definition) is 1. The first-order valence-electron chi connectivity index (χ1n) is 9.13. The third kappa shape index (κ3) is 3.26. The summed E-state index contributed by atoms with van der Waals surface area (Å²) in [5.74, 6) is 1.47. The van der Waals surface area contributed by atoms with Crippen LogP contribution in [-0.4, -0.2) is 36.8 Å². The number of likely N-dealkylation sites (tertiary alicyclic amines) is 1. The zero-order valence-electron chi connectivity index (χ0n) is 15.5. The molecule has 1 N–H and O–H groups in total. The molecule has 0 radical (unpaired) electrons.